The number of hydrogen-bond acceptors (Lipinski definition) is 4. The number of amides is 1. The summed E-state index contributed by atoms with van der Waals surface area (Å²) in [6.07, 6.45) is -5.03. The number of rotatable bonds is 5. The molecule has 1 aliphatic rings. The van der Waals surface area contributed by atoms with Crippen LogP contribution in [0.1, 0.15) is 22.3 Å². The minimum Gasteiger partial charge on any atom is -0.465 e. The second-order valence-corrected chi connectivity index (χ2v) is 7.05. The number of nitrogens with one attached hydrogen (secondary N) is 1. The number of alkyl halides is 3. The molecule has 0 aliphatic carbocycles. The SMILES string of the molecule is COC(=O)c1cccc(NC(=O)C2(C(F)(F)F)CCN(Cc3ccccc3)C2)c1. The average molecular weight is 406 g/mol. The Hall–Kier alpha value is -2.87. The summed E-state index contributed by atoms with van der Waals surface area (Å²) in [5, 5.41) is 2.34. The number of halogens is 3. The molecule has 154 valence electrons. The van der Waals surface area contributed by atoms with Crippen molar-refractivity contribution in [2.45, 2.75) is 19.1 Å². The number of carbonyl (C=O) groups is 2. The van der Waals surface area contributed by atoms with Crippen LogP contribution in [0.2, 0.25) is 0 Å². The number of benzene rings is 2. The molecule has 8 heteroatoms. The zero-order valence-electron chi connectivity index (χ0n) is 15.8. The minimum absolute atomic E-state index is 0.114. The van der Waals surface area contributed by atoms with E-state index < -0.39 is 30.0 Å². The Morgan fingerprint density at radius 2 is 1.86 bits per heavy atom. The van der Waals surface area contributed by atoms with Crippen LogP contribution in [0.4, 0.5) is 18.9 Å². The summed E-state index contributed by atoms with van der Waals surface area (Å²) in [7, 11) is 1.20. The van der Waals surface area contributed by atoms with Gasteiger partial charge in [0.25, 0.3) is 0 Å². The topological polar surface area (TPSA) is 58.6 Å². The van der Waals surface area contributed by atoms with Crippen molar-refractivity contribution in [1.82, 2.24) is 4.90 Å². The fourth-order valence-electron chi connectivity index (χ4n) is 3.50. The molecule has 2 aromatic carbocycles. The first kappa shape index (κ1) is 20.9. The lowest BCUT2D eigenvalue weighted by Crippen LogP contribution is -2.49. The molecular formula is C21H21F3N2O3. The third-order valence-electron chi connectivity index (χ3n) is 5.12. The summed E-state index contributed by atoms with van der Waals surface area (Å²) < 4.78 is 46.5. The van der Waals surface area contributed by atoms with Gasteiger partial charge in [-0.15, -0.1) is 0 Å². The van der Waals surface area contributed by atoms with Crippen molar-refractivity contribution in [1.29, 1.82) is 0 Å². The highest BCUT2D eigenvalue weighted by atomic mass is 19.4. The van der Waals surface area contributed by atoms with E-state index in [0.717, 1.165) is 5.56 Å². The van der Waals surface area contributed by atoms with Gasteiger partial charge in [-0.05, 0) is 36.7 Å². The van der Waals surface area contributed by atoms with Gasteiger partial charge in [0.2, 0.25) is 5.91 Å². The predicted octanol–water partition coefficient (Wildman–Crippen LogP) is 3.87. The van der Waals surface area contributed by atoms with Crippen LogP contribution < -0.4 is 5.32 Å². The molecule has 3 rings (SSSR count). The van der Waals surface area contributed by atoms with E-state index in [4.69, 9.17) is 0 Å². The minimum atomic E-state index is -4.71. The zero-order chi connectivity index (χ0) is 21.1. The van der Waals surface area contributed by atoms with Crippen LogP contribution in [0.3, 0.4) is 0 Å². The summed E-state index contributed by atoms with van der Waals surface area (Å²) in [5.74, 6) is -1.76. The fourth-order valence-corrected chi connectivity index (χ4v) is 3.50. The van der Waals surface area contributed by atoms with Gasteiger partial charge >= 0.3 is 12.1 Å². The second kappa shape index (κ2) is 8.24. The van der Waals surface area contributed by atoms with Crippen LogP contribution in [0.15, 0.2) is 54.6 Å². The predicted molar refractivity (Wildman–Crippen MR) is 101 cm³/mol. The van der Waals surface area contributed by atoms with Crippen molar-refractivity contribution in [3.63, 3.8) is 0 Å². The maximum atomic E-state index is 14.0. The van der Waals surface area contributed by atoms with Crippen LogP contribution in [-0.4, -0.2) is 43.2 Å². The maximum absolute atomic E-state index is 14.0. The van der Waals surface area contributed by atoms with Gasteiger partial charge in [-0.25, -0.2) is 4.79 Å². The third-order valence-corrected chi connectivity index (χ3v) is 5.12. The molecule has 0 bridgehead atoms. The largest absolute Gasteiger partial charge is 0.465 e. The first-order chi connectivity index (χ1) is 13.7. The Labute approximate surface area is 166 Å². The van der Waals surface area contributed by atoms with Gasteiger partial charge in [0.1, 0.15) is 0 Å². The van der Waals surface area contributed by atoms with Crippen molar-refractivity contribution in [3.8, 4) is 0 Å². The molecule has 1 heterocycles. The number of hydrogen-bond donors (Lipinski definition) is 1. The van der Waals surface area contributed by atoms with Crippen molar-refractivity contribution >= 4 is 17.6 Å². The first-order valence-corrected chi connectivity index (χ1v) is 9.08. The van der Waals surface area contributed by atoms with Gasteiger partial charge in [-0.3, -0.25) is 9.69 Å². The Balaban J connectivity index is 1.79. The molecule has 1 atom stereocenters. The molecule has 2 aromatic rings. The number of carbonyl (C=O) groups excluding carboxylic acids is 2. The molecule has 1 aliphatic heterocycles. The van der Waals surface area contributed by atoms with Crippen LogP contribution >= 0.6 is 0 Å². The number of methoxy groups -OCH3 is 1. The van der Waals surface area contributed by atoms with Crippen LogP contribution in [-0.2, 0) is 16.1 Å². The van der Waals surface area contributed by atoms with Crippen LogP contribution in [0.5, 0.6) is 0 Å². The van der Waals surface area contributed by atoms with Gasteiger partial charge in [0.05, 0.1) is 12.7 Å². The summed E-state index contributed by atoms with van der Waals surface area (Å²) in [6, 6.07) is 14.8. The molecule has 1 N–H and O–H groups in total. The smallest absolute Gasteiger partial charge is 0.404 e. The van der Waals surface area contributed by atoms with Gasteiger partial charge in [-0.1, -0.05) is 36.4 Å². The summed E-state index contributed by atoms with van der Waals surface area (Å²) >= 11 is 0. The van der Waals surface area contributed by atoms with E-state index in [1.165, 1.54) is 31.4 Å². The molecule has 0 spiro atoms. The molecular weight excluding hydrogens is 385 g/mol. The van der Waals surface area contributed by atoms with Gasteiger partial charge in [0.15, 0.2) is 5.41 Å². The molecule has 0 saturated carbocycles. The monoisotopic (exact) mass is 406 g/mol. The van der Waals surface area contributed by atoms with Crippen molar-refractivity contribution in [2.24, 2.45) is 5.41 Å². The fraction of sp³-hybridized carbons (Fsp3) is 0.333. The molecule has 0 radical (unpaired) electrons. The lowest BCUT2D eigenvalue weighted by Gasteiger charge is -2.30. The van der Waals surface area contributed by atoms with E-state index in [0.29, 0.717) is 6.54 Å². The van der Waals surface area contributed by atoms with E-state index in [2.05, 4.69) is 10.1 Å². The van der Waals surface area contributed by atoms with Crippen molar-refractivity contribution in [3.05, 3.63) is 65.7 Å². The van der Waals surface area contributed by atoms with Gasteiger partial charge in [0, 0.05) is 18.8 Å². The highest BCUT2D eigenvalue weighted by Crippen LogP contribution is 2.46. The highest BCUT2D eigenvalue weighted by Gasteiger charge is 2.62. The summed E-state index contributed by atoms with van der Waals surface area (Å²) in [5.41, 5.74) is -1.37. The number of nitrogens with zero attached hydrogens (tertiary/aromatic N) is 1. The van der Waals surface area contributed by atoms with Gasteiger partial charge < -0.3 is 10.1 Å². The van der Waals surface area contributed by atoms with Crippen molar-refractivity contribution < 1.29 is 27.5 Å². The molecule has 1 saturated heterocycles. The number of likely N-dealkylation sites (tertiary alicyclic amines) is 1. The Kier molecular flexibility index (Phi) is 5.93. The van der Waals surface area contributed by atoms with E-state index in [-0.39, 0.29) is 24.2 Å². The molecule has 1 amide bonds. The Bertz CT molecular complexity index is 886. The van der Waals surface area contributed by atoms with E-state index >= 15 is 0 Å². The standard InChI is InChI=1S/C21H21F3N2O3/c1-29-18(27)16-8-5-9-17(12-16)25-19(28)20(21(22,23)24)10-11-26(14-20)13-15-6-3-2-4-7-15/h2-9,12H,10-11,13-14H2,1H3,(H,25,28). The zero-order valence-corrected chi connectivity index (χ0v) is 15.8. The van der Waals surface area contributed by atoms with E-state index in [1.54, 1.807) is 4.90 Å². The van der Waals surface area contributed by atoms with Crippen LogP contribution in [0, 0.1) is 5.41 Å². The summed E-state index contributed by atoms with van der Waals surface area (Å²) in [4.78, 5) is 26.0. The maximum Gasteiger partial charge on any atom is 0.404 e. The molecule has 5 nitrogen and oxygen atoms in total. The van der Waals surface area contributed by atoms with Gasteiger partial charge in [-0.2, -0.15) is 13.2 Å². The lowest BCUT2D eigenvalue weighted by atomic mass is 9.85. The van der Waals surface area contributed by atoms with E-state index in [9.17, 15) is 22.8 Å². The lowest BCUT2D eigenvalue weighted by molar-refractivity contribution is -0.215. The molecule has 0 aromatic heterocycles. The Morgan fingerprint density at radius 1 is 1.14 bits per heavy atom. The third kappa shape index (κ3) is 4.42. The molecule has 29 heavy (non-hydrogen) atoms. The number of ether oxygens (including phenoxy) is 1. The molecule has 1 unspecified atom stereocenters. The quantitative estimate of drug-likeness (QED) is 0.766. The van der Waals surface area contributed by atoms with E-state index in [1.807, 2.05) is 30.3 Å². The molecule has 1 fully saturated rings. The number of esters is 1. The average Bonchev–Trinajstić information content (AvgIpc) is 3.13. The summed E-state index contributed by atoms with van der Waals surface area (Å²) in [6.45, 7) is 0.0712. The number of anilines is 1. The normalized spacial score (nSPS) is 19.7. The Morgan fingerprint density at radius 3 is 2.52 bits per heavy atom. The first-order valence-electron chi connectivity index (χ1n) is 9.08. The van der Waals surface area contributed by atoms with Crippen LogP contribution in [0.25, 0.3) is 0 Å². The van der Waals surface area contributed by atoms with Crippen molar-refractivity contribution in [2.75, 3.05) is 25.5 Å². The highest BCUT2D eigenvalue weighted by molar-refractivity contribution is 5.98. The second-order valence-electron chi connectivity index (χ2n) is 7.05.